The highest BCUT2D eigenvalue weighted by atomic mass is 79.9. The first kappa shape index (κ1) is 54.5. The Morgan fingerprint density at radius 1 is 0.741 bits per heavy atom. The highest BCUT2D eigenvalue weighted by Gasteiger charge is 2.35. The minimum atomic E-state index is -0.441. The van der Waals surface area contributed by atoms with Crippen molar-refractivity contribution in [2.24, 2.45) is 5.73 Å². The highest BCUT2D eigenvalue weighted by molar-refractivity contribution is 9.09. The van der Waals surface area contributed by atoms with Gasteiger partial charge in [-0.25, -0.2) is 9.59 Å². The normalized spacial score (nSPS) is 15.4. The lowest BCUT2D eigenvalue weighted by Gasteiger charge is -2.27. The van der Waals surface area contributed by atoms with Gasteiger partial charge in [0.1, 0.15) is 17.8 Å². The molecule has 0 unspecified atom stereocenters. The second-order valence-electron chi connectivity index (χ2n) is 15.2. The van der Waals surface area contributed by atoms with Gasteiger partial charge in [-0.15, -0.1) is 12.8 Å². The number of nitrogens with zero attached hydrogens (tertiary/aromatic N) is 2. The van der Waals surface area contributed by atoms with Crippen LogP contribution in [-0.2, 0) is 14.2 Å². The van der Waals surface area contributed by atoms with E-state index in [4.69, 9.17) is 48.1 Å². The number of amides is 2. The summed E-state index contributed by atoms with van der Waals surface area (Å²) in [6, 6.07) is 2.07. The molecule has 316 valence electrons. The fourth-order valence-corrected chi connectivity index (χ4v) is 4.05. The predicted octanol–water partition coefficient (Wildman–Crippen LogP) is 6.20. The number of hydrogen-bond donors (Lipinski definition) is 5. The maximum Gasteiger partial charge on any atom is 0.410 e. The van der Waals surface area contributed by atoms with Gasteiger partial charge in [0.25, 0.3) is 0 Å². The molecular weight excluding hydrogens is 824 g/mol. The largest absolute Gasteiger partial charge is 0.444 e. The average Bonchev–Trinajstić information content (AvgIpc) is 3.90. The number of rotatable bonds is 16. The molecule has 2 amide bonds. The SMILES string of the molecule is C#CCBr.C#CCOCCCN(C(=O)OC(C)(C)C)C1CC1.CC(C)(C)OC(=O)N(CCCO)C1CC1.NC1CC1.OCCCBr.OCCCNC1CC1. The number of carbonyl (C=O) groups is 2. The first-order valence-electron chi connectivity index (χ1n) is 19.4. The summed E-state index contributed by atoms with van der Waals surface area (Å²) in [5.41, 5.74) is 4.34. The molecule has 0 atom stereocenters. The van der Waals surface area contributed by atoms with E-state index >= 15 is 0 Å². The number of ether oxygens (including phenoxy) is 3. The van der Waals surface area contributed by atoms with Crippen LogP contribution < -0.4 is 11.1 Å². The molecule has 0 aromatic carbocycles. The Bertz CT molecular complexity index is 1010. The van der Waals surface area contributed by atoms with Crippen molar-refractivity contribution in [3.8, 4) is 24.7 Å². The Labute approximate surface area is 344 Å². The van der Waals surface area contributed by atoms with Crippen LogP contribution in [0.4, 0.5) is 9.59 Å². The number of carbonyl (C=O) groups excluding carboxylic acids is 2. The molecule has 0 aliphatic heterocycles. The molecule has 4 aliphatic carbocycles. The lowest BCUT2D eigenvalue weighted by Crippen LogP contribution is -2.39. The molecule has 0 saturated heterocycles. The van der Waals surface area contributed by atoms with Crippen LogP contribution in [0.5, 0.6) is 0 Å². The summed E-state index contributed by atoms with van der Waals surface area (Å²) in [5, 5.41) is 30.0. The second-order valence-corrected chi connectivity index (χ2v) is 16.6. The Morgan fingerprint density at radius 3 is 1.44 bits per heavy atom. The van der Waals surface area contributed by atoms with Crippen molar-refractivity contribution >= 4 is 44.0 Å². The molecule has 6 N–H and O–H groups in total. The second kappa shape index (κ2) is 33.5. The molecule has 4 aliphatic rings. The number of nitrogens with two attached hydrogens (primary N) is 1. The van der Waals surface area contributed by atoms with Crippen LogP contribution in [-0.4, -0.2) is 136 Å². The maximum atomic E-state index is 12.0. The summed E-state index contributed by atoms with van der Waals surface area (Å²) in [6.45, 7) is 15.1. The summed E-state index contributed by atoms with van der Waals surface area (Å²) >= 11 is 6.16. The third-order valence-electron chi connectivity index (χ3n) is 7.00. The summed E-state index contributed by atoms with van der Waals surface area (Å²) in [5.74, 6) is 4.76. The van der Waals surface area contributed by atoms with Gasteiger partial charge < -0.3 is 50.4 Å². The molecule has 4 rings (SSSR count). The van der Waals surface area contributed by atoms with Crippen LogP contribution in [0.2, 0.25) is 0 Å². The lowest BCUT2D eigenvalue weighted by molar-refractivity contribution is 0.0208. The average molecular weight is 899 g/mol. The number of terminal acetylenes is 2. The fraction of sp³-hybridized carbons (Fsp3) is 0.850. The van der Waals surface area contributed by atoms with Crippen molar-refractivity contribution in [1.82, 2.24) is 15.1 Å². The molecule has 0 aromatic heterocycles. The van der Waals surface area contributed by atoms with E-state index in [1.165, 1.54) is 25.7 Å². The van der Waals surface area contributed by atoms with Gasteiger partial charge in [0.2, 0.25) is 0 Å². The number of alkyl halides is 2. The van der Waals surface area contributed by atoms with E-state index in [-0.39, 0.29) is 18.8 Å². The van der Waals surface area contributed by atoms with Crippen LogP contribution in [0, 0.1) is 24.7 Å². The van der Waals surface area contributed by atoms with Gasteiger partial charge in [-0.3, -0.25) is 0 Å². The van der Waals surface area contributed by atoms with Crippen LogP contribution in [0.3, 0.4) is 0 Å². The monoisotopic (exact) mass is 896 g/mol. The van der Waals surface area contributed by atoms with Gasteiger partial charge in [0.15, 0.2) is 0 Å². The topological polar surface area (TPSA) is 167 Å². The van der Waals surface area contributed by atoms with E-state index in [0.717, 1.165) is 62.9 Å². The van der Waals surface area contributed by atoms with Gasteiger partial charge in [0, 0.05) is 69.0 Å². The Balaban J connectivity index is 0. The van der Waals surface area contributed by atoms with Crippen LogP contribution >= 0.6 is 31.9 Å². The molecule has 0 aromatic rings. The van der Waals surface area contributed by atoms with Crippen molar-refractivity contribution < 1.29 is 39.1 Å². The van der Waals surface area contributed by atoms with Crippen LogP contribution in [0.15, 0.2) is 0 Å². The summed E-state index contributed by atoms with van der Waals surface area (Å²) in [6.07, 6.45) is 22.0. The molecule has 14 heteroatoms. The zero-order chi connectivity index (χ0) is 41.4. The summed E-state index contributed by atoms with van der Waals surface area (Å²) < 4.78 is 15.9. The van der Waals surface area contributed by atoms with Gasteiger partial charge in [0.05, 0.1) is 5.33 Å². The molecule has 12 nitrogen and oxygen atoms in total. The van der Waals surface area contributed by atoms with Gasteiger partial charge in [-0.1, -0.05) is 43.7 Å². The molecule has 4 fully saturated rings. The number of hydrogen-bond acceptors (Lipinski definition) is 10. The minimum Gasteiger partial charge on any atom is -0.444 e. The number of aliphatic hydroxyl groups excluding tert-OH is 3. The zero-order valence-corrected chi connectivity index (χ0v) is 37.3. The smallest absolute Gasteiger partial charge is 0.410 e. The summed E-state index contributed by atoms with van der Waals surface area (Å²) in [7, 11) is 0. The van der Waals surface area contributed by atoms with Crippen LogP contribution in [0.1, 0.15) is 119 Å². The lowest BCUT2D eigenvalue weighted by atomic mass is 10.2. The van der Waals surface area contributed by atoms with Gasteiger partial charge >= 0.3 is 12.2 Å². The Morgan fingerprint density at radius 2 is 1.17 bits per heavy atom. The van der Waals surface area contributed by atoms with Crippen LogP contribution in [0.25, 0.3) is 0 Å². The van der Waals surface area contributed by atoms with Crippen molar-refractivity contribution in [3.05, 3.63) is 0 Å². The van der Waals surface area contributed by atoms with Gasteiger partial charge in [-0.2, -0.15) is 0 Å². The standard InChI is InChI=1S/C14H23NO3.C11H21NO3.C6H13NO.C3H7BrO.C3H3Br.C3H7N/c1-5-10-17-11-6-9-15(12-7-8-12)13(16)18-14(2,3)4;1-11(2,3)15-10(14)12(7-4-8-13)9-5-6-9;8-5-1-4-7-6-2-3-6;4-2-1-3-5;1-2-3-4;4-3-1-2-3/h1,12H,6-11H2,2-4H3;9,13H,4-8H2,1-3H3;6-8H,1-5H2;5H,1-3H2;1H,3H2;3H,1-2,4H2. The molecule has 0 spiro atoms. The fourth-order valence-electron chi connectivity index (χ4n) is 3.80. The van der Waals surface area contributed by atoms with E-state index in [9.17, 15) is 9.59 Å². The van der Waals surface area contributed by atoms with Gasteiger partial charge in [-0.05, 0) is 125 Å². The first-order valence-corrected chi connectivity index (χ1v) is 21.7. The third kappa shape index (κ3) is 40.1. The van der Waals surface area contributed by atoms with E-state index < -0.39 is 11.2 Å². The molecule has 4 saturated carbocycles. The zero-order valence-electron chi connectivity index (χ0n) is 34.1. The van der Waals surface area contributed by atoms with E-state index in [1.807, 2.05) is 46.4 Å². The molecular formula is C40H74Br2N4O8. The highest BCUT2D eigenvalue weighted by Crippen LogP contribution is 2.29. The van der Waals surface area contributed by atoms with Crippen molar-refractivity contribution in [2.45, 2.75) is 154 Å². The van der Waals surface area contributed by atoms with E-state index in [1.54, 1.807) is 4.90 Å². The van der Waals surface area contributed by atoms with Crippen molar-refractivity contribution in [3.63, 3.8) is 0 Å². The minimum absolute atomic E-state index is 0.117. The predicted molar refractivity (Wildman–Crippen MR) is 226 cm³/mol. The molecule has 54 heavy (non-hydrogen) atoms. The Hall–Kier alpha value is -1.62. The number of nitrogens with one attached hydrogen (secondary N) is 1. The molecule has 0 bridgehead atoms. The quantitative estimate of drug-likeness (QED) is 0.0684. The van der Waals surface area contributed by atoms with Crippen molar-refractivity contribution in [2.75, 3.05) is 63.3 Å². The van der Waals surface area contributed by atoms with Crippen molar-refractivity contribution in [1.29, 1.82) is 0 Å². The maximum absolute atomic E-state index is 12.0. The van der Waals surface area contributed by atoms with E-state index in [2.05, 4.69) is 49.0 Å². The number of halogens is 2. The molecule has 0 heterocycles. The Kier molecular flexibility index (Phi) is 33.8. The first-order chi connectivity index (χ1) is 25.5. The number of aliphatic hydroxyl groups is 3. The molecule has 0 radical (unpaired) electrons. The summed E-state index contributed by atoms with van der Waals surface area (Å²) in [4.78, 5) is 27.3. The third-order valence-corrected chi connectivity index (χ3v) is 7.88. The van der Waals surface area contributed by atoms with E-state index in [0.29, 0.717) is 69.4 Å².